The Kier molecular flexibility index (Phi) is 5.35. The number of sulfonamides is 1. The Labute approximate surface area is 111 Å². The summed E-state index contributed by atoms with van der Waals surface area (Å²) in [5.74, 6) is 0. The zero-order chi connectivity index (χ0) is 12.2. The van der Waals surface area contributed by atoms with Crippen LogP contribution in [-0.2, 0) is 17.1 Å². The SMILES string of the molecule is Cn1nnc(Br)c1S(=O)(=O)NCCCCBr. The van der Waals surface area contributed by atoms with E-state index >= 15 is 0 Å². The molecule has 0 aliphatic carbocycles. The van der Waals surface area contributed by atoms with Gasteiger partial charge in [0.1, 0.15) is 0 Å². The Morgan fingerprint density at radius 1 is 1.44 bits per heavy atom. The molecule has 16 heavy (non-hydrogen) atoms. The third kappa shape index (κ3) is 3.51. The third-order valence-corrected chi connectivity index (χ3v) is 4.75. The van der Waals surface area contributed by atoms with Gasteiger partial charge in [-0.1, -0.05) is 21.1 Å². The predicted octanol–water partition coefficient (Wildman–Crippen LogP) is 1.03. The second-order valence-corrected chi connectivity index (χ2v) is 6.33. The van der Waals surface area contributed by atoms with Crippen LogP contribution in [-0.4, -0.2) is 35.3 Å². The summed E-state index contributed by atoms with van der Waals surface area (Å²) in [4.78, 5) is 0. The highest BCUT2D eigenvalue weighted by Gasteiger charge is 2.22. The minimum atomic E-state index is -3.53. The highest BCUT2D eigenvalue weighted by Crippen LogP contribution is 2.17. The minimum Gasteiger partial charge on any atom is -0.235 e. The lowest BCUT2D eigenvalue weighted by Crippen LogP contribution is -2.27. The average molecular weight is 376 g/mol. The van der Waals surface area contributed by atoms with E-state index in [0.717, 1.165) is 18.2 Å². The van der Waals surface area contributed by atoms with Crippen LogP contribution in [0.3, 0.4) is 0 Å². The van der Waals surface area contributed by atoms with E-state index in [-0.39, 0.29) is 9.63 Å². The van der Waals surface area contributed by atoms with Crippen LogP contribution in [0.5, 0.6) is 0 Å². The van der Waals surface area contributed by atoms with Gasteiger partial charge >= 0.3 is 0 Å². The van der Waals surface area contributed by atoms with Gasteiger partial charge in [0.25, 0.3) is 10.0 Å². The maximum absolute atomic E-state index is 11.8. The molecule has 1 aromatic heterocycles. The molecular weight excluding hydrogens is 364 g/mol. The van der Waals surface area contributed by atoms with Gasteiger partial charge in [-0.2, -0.15) is 0 Å². The highest BCUT2D eigenvalue weighted by molar-refractivity contribution is 9.10. The maximum atomic E-state index is 11.8. The maximum Gasteiger partial charge on any atom is 0.260 e. The number of aryl methyl sites for hydroxylation is 1. The zero-order valence-electron chi connectivity index (χ0n) is 8.65. The lowest BCUT2D eigenvalue weighted by molar-refractivity contribution is 0.558. The number of unbranched alkanes of at least 4 members (excludes halogenated alkanes) is 1. The van der Waals surface area contributed by atoms with Gasteiger partial charge in [0.2, 0.25) is 5.03 Å². The number of hydrogen-bond donors (Lipinski definition) is 1. The fourth-order valence-corrected chi connectivity index (χ4v) is 3.66. The van der Waals surface area contributed by atoms with Crippen LogP contribution in [0.2, 0.25) is 0 Å². The molecule has 9 heteroatoms. The first kappa shape index (κ1) is 14.1. The molecule has 0 spiro atoms. The molecule has 92 valence electrons. The fourth-order valence-electron chi connectivity index (χ4n) is 1.10. The number of halogens is 2. The van der Waals surface area contributed by atoms with E-state index < -0.39 is 10.0 Å². The van der Waals surface area contributed by atoms with Crippen LogP contribution >= 0.6 is 31.9 Å². The van der Waals surface area contributed by atoms with Crippen molar-refractivity contribution in [1.29, 1.82) is 0 Å². The van der Waals surface area contributed by atoms with Crippen molar-refractivity contribution in [2.24, 2.45) is 7.05 Å². The molecule has 1 N–H and O–H groups in total. The Morgan fingerprint density at radius 3 is 2.62 bits per heavy atom. The van der Waals surface area contributed by atoms with Gasteiger partial charge in [-0.05, 0) is 28.8 Å². The summed E-state index contributed by atoms with van der Waals surface area (Å²) < 4.78 is 27.6. The van der Waals surface area contributed by atoms with Crippen molar-refractivity contribution in [3.63, 3.8) is 0 Å². The number of hydrogen-bond acceptors (Lipinski definition) is 4. The quantitative estimate of drug-likeness (QED) is 0.595. The first-order valence-electron chi connectivity index (χ1n) is 4.60. The monoisotopic (exact) mass is 374 g/mol. The van der Waals surface area contributed by atoms with Crippen LogP contribution in [0.25, 0.3) is 0 Å². The van der Waals surface area contributed by atoms with Crippen molar-refractivity contribution < 1.29 is 8.42 Å². The Hall–Kier alpha value is 0.01000. The van der Waals surface area contributed by atoms with Gasteiger partial charge < -0.3 is 0 Å². The van der Waals surface area contributed by atoms with E-state index in [1.54, 1.807) is 0 Å². The summed E-state index contributed by atoms with van der Waals surface area (Å²) in [6, 6.07) is 0. The number of aromatic nitrogens is 3. The molecule has 0 saturated heterocycles. The number of alkyl halides is 1. The van der Waals surface area contributed by atoms with Crippen LogP contribution in [0, 0.1) is 0 Å². The predicted molar refractivity (Wildman–Crippen MR) is 66.9 cm³/mol. The molecule has 0 aromatic carbocycles. The van der Waals surface area contributed by atoms with Crippen LogP contribution in [0.15, 0.2) is 9.63 Å². The zero-order valence-corrected chi connectivity index (χ0v) is 12.6. The second kappa shape index (κ2) is 6.08. The normalized spacial score (nSPS) is 11.9. The van der Waals surface area contributed by atoms with Crippen molar-refractivity contribution in [1.82, 2.24) is 19.7 Å². The molecule has 1 rings (SSSR count). The van der Waals surface area contributed by atoms with Crippen LogP contribution < -0.4 is 4.72 Å². The van der Waals surface area contributed by atoms with Crippen molar-refractivity contribution in [2.45, 2.75) is 17.9 Å². The van der Waals surface area contributed by atoms with Gasteiger partial charge in [-0.25, -0.2) is 17.8 Å². The summed E-state index contributed by atoms with van der Waals surface area (Å²) in [7, 11) is -2.00. The smallest absolute Gasteiger partial charge is 0.235 e. The summed E-state index contributed by atoms with van der Waals surface area (Å²) in [5, 5.41) is 8.16. The second-order valence-electron chi connectivity index (χ2n) is 3.10. The number of nitrogens with zero attached hydrogens (tertiary/aromatic N) is 3. The third-order valence-electron chi connectivity index (χ3n) is 1.84. The summed E-state index contributed by atoms with van der Waals surface area (Å²) >= 11 is 6.34. The molecule has 1 aromatic rings. The van der Waals surface area contributed by atoms with Gasteiger partial charge in [-0.15, -0.1) is 5.10 Å². The summed E-state index contributed by atoms with van der Waals surface area (Å²) in [5.41, 5.74) is 0. The van der Waals surface area contributed by atoms with Gasteiger partial charge in [-0.3, -0.25) is 0 Å². The van der Waals surface area contributed by atoms with E-state index in [9.17, 15) is 8.42 Å². The van der Waals surface area contributed by atoms with Crippen molar-refractivity contribution in [2.75, 3.05) is 11.9 Å². The molecule has 0 fully saturated rings. The first-order valence-corrected chi connectivity index (χ1v) is 7.99. The molecule has 1 heterocycles. The van der Waals surface area contributed by atoms with Crippen molar-refractivity contribution >= 4 is 41.9 Å². The van der Waals surface area contributed by atoms with E-state index in [0.29, 0.717) is 6.54 Å². The molecule has 0 aliphatic rings. The van der Waals surface area contributed by atoms with E-state index in [1.807, 2.05) is 0 Å². The van der Waals surface area contributed by atoms with Gasteiger partial charge in [0, 0.05) is 18.9 Å². The van der Waals surface area contributed by atoms with Crippen molar-refractivity contribution in [3.8, 4) is 0 Å². The Bertz CT molecular complexity index is 426. The average Bonchev–Trinajstić information content (AvgIpc) is 2.54. The number of nitrogens with one attached hydrogen (secondary N) is 1. The highest BCUT2D eigenvalue weighted by atomic mass is 79.9. The molecule has 0 saturated carbocycles. The topological polar surface area (TPSA) is 76.9 Å². The lowest BCUT2D eigenvalue weighted by atomic mass is 10.3. The minimum absolute atomic E-state index is 0.0475. The van der Waals surface area contributed by atoms with Gasteiger partial charge in [0.15, 0.2) is 4.60 Å². The summed E-state index contributed by atoms with van der Waals surface area (Å²) in [6.45, 7) is 0.408. The van der Waals surface area contributed by atoms with Crippen LogP contribution in [0.4, 0.5) is 0 Å². The molecule has 0 bridgehead atoms. The largest absolute Gasteiger partial charge is 0.260 e. The molecule has 0 atom stereocenters. The molecule has 0 amide bonds. The standard InChI is InChI=1S/C7H12Br2N4O2S/c1-13-7(6(9)11-12-13)16(14,15)10-5-3-2-4-8/h10H,2-5H2,1H3. The first-order chi connectivity index (χ1) is 7.49. The van der Waals surface area contributed by atoms with E-state index in [1.165, 1.54) is 11.7 Å². The van der Waals surface area contributed by atoms with E-state index in [4.69, 9.17) is 0 Å². The van der Waals surface area contributed by atoms with E-state index in [2.05, 4.69) is 46.9 Å². The number of rotatable bonds is 6. The fraction of sp³-hybridized carbons (Fsp3) is 0.714. The lowest BCUT2D eigenvalue weighted by Gasteiger charge is -2.05. The van der Waals surface area contributed by atoms with Crippen LogP contribution in [0.1, 0.15) is 12.8 Å². The Morgan fingerprint density at radius 2 is 2.12 bits per heavy atom. The summed E-state index contributed by atoms with van der Waals surface area (Å²) in [6.07, 6.45) is 1.71. The molecule has 0 unspecified atom stereocenters. The molecule has 0 aliphatic heterocycles. The molecule has 6 nitrogen and oxygen atoms in total. The van der Waals surface area contributed by atoms with Crippen molar-refractivity contribution in [3.05, 3.63) is 4.60 Å². The molecular formula is C7H12Br2N4O2S. The van der Waals surface area contributed by atoms with Gasteiger partial charge in [0.05, 0.1) is 0 Å². The molecule has 0 radical (unpaired) electrons. The Balaban J connectivity index is 2.71.